The van der Waals surface area contributed by atoms with Gasteiger partial charge in [-0.3, -0.25) is 4.90 Å². The van der Waals surface area contributed by atoms with Crippen LogP contribution in [0.25, 0.3) is 0 Å². The lowest BCUT2D eigenvalue weighted by Crippen LogP contribution is -2.51. The van der Waals surface area contributed by atoms with E-state index in [9.17, 15) is 18.0 Å². The van der Waals surface area contributed by atoms with Crippen LogP contribution in [0.4, 0.5) is 23.7 Å². The number of carbonyl (C=O) groups excluding carboxylic acids is 1. The topological polar surface area (TPSA) is 38.8 Å². The molecule has 0 aliphatic carbocycles. The largest absolute Gasteiger partial charge is 0.416 e. The SMILES string of the molecule is CN(C)CCN1CCN(C(=O)Nc2cccc(C(F)(F)F)c2)CC1. The summed E-state index contributed by atoms with van der Waals surface area (Å²) in [6.45, 7) is 4.57. The highest BCUT2D eigenvalue weighted by molar-refractivity contribution is 5.89. The summed E-state index contributed by atoms with van der Waals surface area (Å²) in [4.78, 5) is 18.2. The quantitative estimate of drug-likeness (QED) is 0.912. The van der Waals surface area contributed by atoms with Crippen LogP contribution in [0, 0.1) is 0 Å². The Morgan fingerprint density at radius 3 is 2.46 bits per heavy atom. The number of halogens is 3. The molecule has 0 unspecified atom stereocenters. The van der Waals surface area contributed by atoms with Crippen molar-refractivity contribution in [1.29, 1.82) is 0 Å². The van der Waals surface area contributed by atoms with Gasteiger partial charge in [-0.05, 0) is 32.3 Å². The molecule has 5 nitrogen and oxygen atoms in total. The average Bonchev–Trinajstić information content (AvgIpc) is 2.53. The van der Waals surface area contributed by atoms with E-state index in [1.54, 1.807) is 4.90 Å². The molecule has 8 heteroatoms. The summed E-state index contributed by atoms with van der Waals surface area (Å²) in [5, 5.41) is 2.55. The van der Waals surface area contributed by atoms with Gasteiger partial charge in [-0.25, -0.2) is 4.79 Å². The molecule has 2 rings (SSSR count). The lowest BCUT2D eigenvalue weighted by Gasteiger charge is -2.35. The molecule has 0 spiro atoms. The second-order valence-corrected chi connectivity index (χ2v) is 6.14. The highest BCUT2D eigenvalue weighted by Gasteiger charge is 2.30. The van der Waals surface area contributed by atoms with E-state index in [-0.39, 0.29) is 11.7 Å². The second kappa shape index (κ2) is 7.85. The molecule has 24 heavy (non-hydrogen) atoms. The maximum atomic E-state index is 12.7. The average molecular weight is 344 g/mol. The molecule has 1 aromatic carbocycles. The highest BCUT2D eigenvalue weighted by Crippen LogP contribution is 2.30. The van der Waals surface area contributed by atoms with Crippen molar-refractivity contribution in [3.8, 4) is 0 Å². The van der Waals surface area contributed by atoms with Gasteiger partial charge >= 0.3 is 12.2 Å². The minimum absolute atomic E-state index is 0.157. The predicted molar refractivity (Wildman–Crippen MR) is 87.0 cm³/mol. The number of anilines is 1. The molecule has 1 aliphatic heterocycles. The van der Waals surface area contributed by atoms with Crippen molar-refractivity contribution >= 4 is 11.7 Å². The number of urea groups is 1. The molecule has 1 aliphatic rings. The Morgan fingerprint density at radius 2 is 1.88 bits per heavy atom. The van der Waals surface area contributed by atoms with Crippen LogP contribution < -0.4 is 5.32 Å². The number of alkyl halides is 3. The van der Waals surface area contributed by atoms with Gasteiger partial charge in [0.1, 0.15) is 0 Å². The number of amides is 2. The summed E-state index contributed by atoms with van der Waals surface area (Å²) < 4.78 is 38.1. The van der Waals surface area contributed by atoms with E-state index in [0.717, 1.165) is 38.3 Å². The van der Waals surface area contributed by atoms with Crippen LogP contribution in [0.15, 0.2) is 24.3 Å². The number of piperazine rings is 1. The fourth-order valence-electron chi connectivity index (χ4n) is 2.49. The Morgan fingerprint density at radius 1 is 1.21 bits per heavy atom. The van der Waals surface area contributed by atoms with Crippen LogP contribution >= 0.6 is 0 Å². The van der Waals surface area contributed by atoms with Gasteiger partial charge in [-0.1, -0.05) is 6.07 Å². The Hall–Kier alpha value is -1.80. The Bertz CT molecular complexity index is 554. The van der Waals surface area contributed by atoms with E-state index < -0.39 is 11.7 Å². The van der Waals surface area contributed by atoms with Gasteiger partial charge in [0.15, 0.2) is 0 Å². The molecular weight excluding hydrogens is 321 g/mol. The summed E-state index contributed by atoms with van der Waals surface area (Å²) in [5.41, 5.74) is -0.612. The molecule has 1 heterocycles. The summed E-state index contributed by atoms with van der Waals surface area (Å²) in [6, 6.07) is 4.32. The molecule has 1 N–H and O–H groups in total. The summed E-state index contributed by atoms with van der Waals surface area (Å²) in [6.07, 6.45) is -4.42. The number of nitrogens with zero attached hydrogens (tertiary/aromatic N) is 3. The molecule has 0 atom stereocenters. The highest BCUT2D eigenvalue weighted by atomic mass is 19.4. The van der Waals surface area contributed by atoms with Crippen molar-refractivity contribution in [3.63, 3.8) is 0 Å². The number of likely N-dealkylation sites (N-methyl/N-ethyl adjacent to an activating group) is 1. The number of nitrogens with one attached hydrogen (secondary N) is 1. The van der Waals surface area contributed by atoms with Crippen LogP contribution in [-0.4, -0.2) is 74.1 Å². The van der Waals surface area contributed by atoms with Crippen molar-refractivity contribution in [2.75, 3.05) is 58.7 Å². The fourth-order valence-corrected chi connectivity index (χ4v) is 2.49. The van der Waals surface area contributed by atoms with Gasteiger partial charge in [0.05, 0.1) is 5.56 Å². The minimum atomic E-state index is -4.42. The molecule has 1 aromatic rings. The van der Waals surface area contributed by atoms with Crippen LogP contribution in [0.5, 0.6) is 0 Å². The second-order valence-electron chi connectivity index (χ2n) is 6.14. The smallest absolute Gasteiger partial charge is 0.322 e. The van der Waals surface area contributed by atoms with E-state index in [1.807, 2.05) is 14.1 Å². The van der Waals surface area contributed by atoms with Crippen molar-refractivity contribution in [3.05, 3.63) is 29.8 Å². The third-order valence-corrected chi connectivity index (χ3v) is 3.96. The maximum Gasteiger partial charge on any atom is 0.416 e. The molecule has 1 fully saturated rings. The van der Waals surface area contributed by atoms with E-state index in [1.165, 1.54) is 12.1 Å². The minimum Gasteiger partial charge on any atom is -0.322 e. The number of benzene rings is 1. The Labute approximate surface area is 140 Å². The molecule has 0 bridgehead atoms. The third kappa shape index (κ3) is 5.38. The molecule has 1 saturated heterocycles. The first-order valence-electron chi connectivity index (χ1n) is 7.86. The maximum absolute atomic E-state index is 12.7. The zero-order chi connectivity index (χ0) is 17.7. The van der Waals surface area contributed by atoms with E-state index in [0.29, 0.717) is 13.1 Å². The van der Waals surface area contributed by atoms with Gasteiger partial charge < -0.3 is 15.1 Å². The number of hydrogen-bond acceptors (Lipinski definition) is 3. The molecule has 0 radical (unpaired) electrons. The summed E-state index contributed by atoms with van der Waals surface area (Å²) >= 11 is 0. The van der Waals surface area contributed by atoms with Crippen LogP contribution in [0.2, 0.25) is 0 Å². The fraction of sp³-hybridized carbons (Fsp3) is 0.562. The third-order valence-electron chi connectivity index (χ3n) is 3.96. The van der Waals surface area contributed by atoms with Gasteiger partial charge in [0, 0.05) is 45.0 Å². The normalized spacial score (nSPS) is 16.5. The number of carbonyl (C=O) groups is 1. The van der Waals surface area contributed by atoms with Crippen molar-refractivity contribution < 1.29 is 18.0 Å². The van der Waals surface area contributed by atoms with Crippen molar-refractivity contribution in [1.82, 2.24) is 14.7 Å². The number of hydrogen-bond donors (Lipinski definition) is 1. The standard InChI is InChI=1S/C16H23F3N4O/c1-21(2)6-7-22-8-10-23(11-9-22)15(24)20-14-5-3-4-13(12-14)16(17,18)19/h3-5,12H,6-11H2,1-2H3,(H,20,24). The van der Waals surface area contributed by atoms with Crippen LogP contribution in [0.1, 0.15) is 5.56 Å². The molecule has 2 amide bonds. The van der Waals surface area contributed by atoms with E-state index in [4.69, 9.17) is 0 Å². The first-order valence-corrected chi connectivity index (χ1v) is 7.86. The lowest BCUT2D eigenvalue weighted by molar-refractivity contribution is -0.137. The predicted octanol–water partition coefficient (Wildman–Crippen LogP) is 2.42. The molecule has 134 valence electrons. The Balaban J connectivity index is 1.86. The molecule has 0 aromatic heterocycles. The number of rotatable bonds is 4. The first-order chi connectivity index (χ1) is 11.3. The van der Waals surface area contributed by atoms with Crippen molar-refractivity contribution in [2.24, 2.45) is 0 Å². The summed E-state index contributed by atoms with van der Waals surface area (Å²) in [7, 11) is 4.03. The lowest BCUT2D eigenvalue weighted by atomic mass is 10.2. The van der Waals surface area contributed by atoms with Crippen molar-refractivity contribution in [2.45, 2.75) is 6.18 Å². The van der Waals surface area contributed by atoms with Gasteiger partial charge in [-0.2, -0.15) is 13.2 Å². The zero-order valence-electron chi connectivity index (χ0n) is 13.9. The zero-order valence-corrected chi connectivity index (χ0v) is 13.9. The van der Waals surface area contributed by atoms with Gasteiger partial charge in [-0.15, -0.1) is 0 Å². The molecular formula is C16H23F3N4O. The van der Waals surface area contributed by atoms with E-state index >= 15 is 0 Å². The van der Waals surface area contributed by atoms with Crippen LogP contribution in [0.3, 0.4) is 0 Å². The summed E-state index contributed by atoms with van der Waals surface area (Å²) in [5.74, 6) is 0. The first kappa shape index (κ1) is 18.5. The van der Waals surface area contributed by atoms with Gasteiger partial charge in [0.2, 0.25) is 0 Å². The van der Waals surface area contributed by atoms with Crippen LogP contribution in [-0.2, 0) is 6.18 Å². The van der Waals surface area contributed by atoms with Gasteiger partial charge in [0.25, 0.3) is 0 Å². The molecule has 0 saturated carbocycles. The Kier molecular flexibility index (Phi) is 6.06. The van der Waals surface area contributed by atoms with E-state index in [2.05, 4.69) is 15.1 Å². The monoisotopic (exact) mass is 344 g/mol.